The van der Waals surface area contributed by atoms with Gasteiger partial charge in [0.1, 0.15) is 5.69 Å². The van der Waals surface area contributed by atoms with Crippen LogP contribution in [0, 0.1) is 0 Å². The molecule has 0 aromatic carbocycles. The van der Waals surface area contributed by atoms with E-state index in [-0.39, 0.29) is 11.8 Å². The van der Waals surface area contributed by atoms with Crippen molar-refractivity contribution >= 4 is 11.8 Å². The van der Waals surface area contributed by atoms with E-state index in [1.54, 1.807) is 12.1 Å². The van der Waals surface area contributed by atoms with Crippen molar-refractivity contribution in [1.82, 2.24) is 15.2 Å². The maximum absolute atomic E-state index is 12.4. The Bertz CT molecular complexity index is 510. The Labute approximate surface area is 132 Å². The van der Waals surface area contributed by atoms with Crippen LogP contribution in [-0.4, -0.2) is 41.3 Å². The Balaban J connectivity index is 1.96. The molecule has 1 N–H and O–H groups in total. The molecule has 0 spiro atoms. The minimum atomic E-state index is -0.204. The number of nitrogens with zero attached hydrogens (tertiary/aromatic N) is 2. The summed E-state index contributed by atoms with van der Waals surface area (Å²) >= 11 is 0. The first-order valence-corrected chi connectivity index (χ1v) is 8.26. The van der Waals surface area contributed by atoms with Crippen LogP contribution in [0.4, 0.5) is 0 Å². The second-order valence-electron chi connectivity index (χ2n) is 5.75. The number of likely N-dealkylation sites (tertiary alicyclic amines) is 1. The highest BCUT2D eigenvalue weighted by atomic mass is 16.2. The molecule has 0 aliphatic carbocycles. The van der Waals surface area contributed by atoms with Gasteiger partial charge in [-0.15, -0.1) is 0 Å². The Kier molecular flexibility index (Phi) is 6.37. The van der Waals surface area contributed by atoms with Gasteiger partial charge >= 0.3 is 0 Å². The van der Waals surface area contributed by atoms with E-state index in [4.69, 9.17) is 0 Å². The Morgan fingerprint density at radius 1 is 1.23 bits per heavy atom. The van der Waals surface area contributed by atoms with E-state index in [0.29, 0.717) is 17.8 Å². The molecule has 1 saturated heterocycles. The molecule has 0 radical (unpaired) electrons. The quantitative estimate of drug-likeness (QED) is 0.822. The van der Waals surface area contributed by atoms with Gasteiger partial charge in [0.2, 0.25) is 0 Å². The van der Waals surface area contributed by atoms with Gasteiger partial charge < -0.3 is 10.2 Å². The standard InChI is InChI=1S/C17H25N3O2/c1-2-3-5-9-19-16(21)15-13-14(8-10-18-15)17(22)20-11-6-4-7-12-20/h8,10,13H,2-7,9,11-12H2,1H3,(H,19,21). The average Bonchev–Trinajstić information content (AvgIpc) is 2.59. The zero-order valence-electron chi connectivity index (χ0n) is 13.3. The molecule has 1 aliphatic heterocycles. The van der Waals surface area contributed by atoms with Crippen molar-refractivity contribution in [2.75, 3.05) is 19.6 Å². The first-order valence-electron chi connectivity index (χ1n) is 8.26. The molecule has 0 atom stereocenters. The normalized spacial score (nSPS) is 14.7. The Morgan fingerprint density at radius 3 is 2.73 bits per heavy atom. The monoisotopic (exact) mass is 303 g/mol. The molecule has 5 nitrogen and oxygen atoms in total. The lowest BCUT2D eigenvalue weighted by Gasteiger charge is -2.26. The zero-order chi connectivity index (χ0) is 15.8. The highest BCUT2D eigenvalue weighted by Gasteiger charge is 2.19. The van der Waals surface area contributed by atoms with E-state index in [1.165, 1.54) is 12.6 Å². The van der Waals surface area contributed by atoms with E-state index < -0.39 is 0 Å². The van der Waals surface area contributed by atoms with E-state index in [9.17, 15) is 9.59 Å². The van der Waals surface area contributed by atoms with E-state index >= 15 is 0 Å². The van der Waals surface area contributed by atoms with Gasteiger partial charge in [0.15, 0.2) is 0 Å². The van der Waals surface area contributed by atoms with E-state index in [0.717, 1.165) is 45.2 Å². The summed E-state index contributed by atoms with van der Waals surface area (Å²) in [4.78, 5) is 30.4. The fourth-order valence-corrected chi connectivity index (χ4v) is 2.63. The largest absolute Gasteiger partial charge is 0.351 e. The molecule has 5 heteroatoms. The van der Waals surface area contributed by atoms with Crippen LogP contribution >= 0.6 is 0 Å². The number of nitrogens with one attached hydrogen (secondary N) is 1. The second kappa shape index (κ2) is 8.51. The molecule has 1 aliphatic rings. The number of unbranched alkanes of at least 4 members (excludes halogenated alkanes) is 2. The fourth-order valence-electron chi connectivity index (χ4n) is 2.63. The van der Waals surface area contributed by atoms with Crippen molar-refractivity contribution in [3.63, 3.8) is 0 Å². The molecule has 2 amide bonds. The molecule has 0 bridgehead atoms. The number of pyridine rings is 1. The average molecular weight is 303 g/mol. The molecule has 1 aromatic heterocycles. The Hall–Kier alpha value is -1.91. The van der Waals surface area contributed by atoms with Crippen molar-refractivity contribution in [2.45, 2.75) is 45.4 Å². The summed E-state index contributed by atoms with van der Waals surface area (Å²) in [5.74, 6) is -0.202. The maximum atomic E-state index is 12.4. The van der Waals surface area contributed by atoms with Gasteiger partial charge in [-0.2, -0.15) is 0 Å². The SMILES string of the molecule is CCCCCNC(=O)c1cc(C(=O)N2CCCCC2)ccn1. The predicted molar refractivity (Wildman–Crippen MR) is 85.8 cm³/mol. The van der Waals surface area contributed by atoms with E-state index in [2.05, 4.69) is 17.2 Å². The molecular formula is C17H25N3O2. The highest BCUT2D eigenvalue weighted by molar-refractivity contribution is 5.98. The molecule has 2 rings (SSSR count). The zero-order valence-corrected chi connectivity index (χ0v) is 13.3. The lowest BCUT2D eigenvalue weighted by Crippen LogP contribution is -2.35. The third-order valence-electron chi connectivity index (χ3n) is 3.95. The maximum Gasteiger partial charge on any atom is 0.269 e. The van der Waals surface area contributed by atoms with Gasteiger partial charge in [0, 0.05) is 31.4 Å². The van der Waals surface area contributed by atoms with Crippen LogP contribution in [-0.2, 0) is 0 Å². The topological polar surface area (TPSA) is 62.3 Å². The number of aromatic nitrogens is 1. The van der Waals surface area contributed by atoms with Crippen molar-refractivity contribution < 1.29 is 9.59 Å². The van der Waals surface area contributed by atoms with Crippen molar-refractivity contribution in [2.24, 2.45) is 0 Å². The van der Waals surface area contributed by atoms with Crippen LogP contribution in [0.1, 0.15) is 66.3 Å². The van der Waals surface area contributed by atoms with Crippen LogP contribution in [0.25, 0.3) is 0 Å². The van der Waals surface area contributed by atoms with Crippen molar-refractivity contribution in [3.8, 4) is 0 Å². The number of amides is 2. The van der Waals surface area contributed by atoms with Gasteiger partial charge in [-0.3, -0.25) is 14.6 Å². The summed E-state index contributed by atoms with van der Waals surface area (Å²) in [5, 5.41) is 2.85. The Morgan fingerprint density at radius 2 is 2.00 bits per heavy atom. The predicted octanol–water partition coefficient (Wildman–Crippen LogP) is 2.63. The summed E-state index contributed by atoms with van der Waals surface area (Å²) in [6.45, 7) is 4.39. The third-order valence-corrected chi connectivity index (χ3v) is 3.95. The van der Waals surface area contributed by atoms with Gasteiger partial charge in [0.25, 0.3) is 11.8 Å². The second-order valence-corrected chi connectivity index (χ2v) is 5.75. The van der Waals surface area contributed by atoms with Crippen LogP contribution in [0.5, 0.6) is 0 Å². The van der Waals surface area contributed by atoms with Gasteiger partial charge in [-0.1, -0.05) is 19.8 Å². The van der Waals surface area contributed by atoms with Crippen molar-refractivity contribution in [1.29, 1.82) is 0 Å². The van der Waals surface area contributed by atoms with Gasteiger partial charge in [0.05, 0.1) is 0 Å². The third kappa shape index (κ3) is 4.55. The van der Waals surface area contributed by atoms with Crippen LogP contribution in [0.3, 0.4) is 0 Å². The summed E-state index contributed by atoms with van der Waals surface area (Å²) in [6.07, 6.45) is 8.02. The highest BCUT2D eigenvalue weighted by Crippen LogP contribution is 2.13. The smallest absolute Gasteiger partial charge is 0.269 e. The number of hydrogen-bond donors (Lipinski definition) is 1. The van der Waals surface area contributed by atoms with E-state index in [1.807, 2.05) is 4.90 Å². The molecule has 22 heavy (non-hydrogen) atoms. The van der Waals surface area contributed by atoms with Crippen LogP contribution < -0.4 is 5.32 Å². The fraction of sp³-hybridized carbons (Fsp3) is 0.588. The summed E-state index contributed by atoms with van der Waals surface area (Å²) < 4.78 is 0. The van der Waals surface area contributed by atoms with Gasteiger partial charge in [-0.05, 0) is 37.8 Å². The summed E-state index contributed by atoms with van der Waals surface area (Å²) in [7, 11) is 0. The summed E-state index contributed by atoms with van der Waals surface area (Å²) in [5.41, 5.74) is 0.870. The molecule has 120 valence electrons. The molecule has 2 heterocycles. The molecule has 1 aromatic rings. The minimum Gasteiger partial charge on any atom is -0.351 e. The molecule has 0 unspecified atom stereocenters. The molecule has 1 fully saturated rings. The lowest BCUT2D eigenvalue weighted by molar-refractivity contribution is 0.0724. The first kappa shape index (κ1) is 16.5. The lowest BCUT2D eigenvalue weighted by atomic mass is 10.1. The molecular weight excluding hydrogens is 278 g/mol. The number of carbonyl (C=O) groups is 2. The number of carbonyl (C=O) groups excluding carboxylic acids is 2. The first-order chi connectivity index (χ1) is 10.7. The number of hydrogen-bond acceptors (Lipinski definition) is 3. The number of rotatable bonds is 6. The number of piperidine rings is 1. The minimum absolute atomic E-state index is 0.00197. The summed E-state index contributed by atoms with van der Waals surface area (Å²) in [6, 6.07) is 3.29. The van der Waals surface area contributed by atoms with Crippen molar-refractivity contribution in [3.05, 3.63) is 29.6 Å². The van der Waals surface area contributed by atoms with Gasteiger partial charge in [-0.25, -0.2) is 0 Å². The van der Waals surface area contributed by atoms with Crippen LogP contribution in [0.15, 0.2) is 18.3 Å². The molecule has 0 saturated carbocycles. The van der Waals surface area contributed by atoms with Crippen LogP contribution in [0.2, 0.25) is 0 Å².